The summed E-state index contributed by atoms with van der Waals surface area (Å²) >= 11 is 0. The van der Waals surface area contributed by atoms with E-state index in [4.69, 9.17) is 4.74 Å². The lowest BCUT2D eigenvalue weighted by molar-refractivity contribution is -0.135. The first-order valence-corrected chi connectivity index (χ1v) is 5.99. The van der Waals surface area contributed by atoms with Crippen molar-refractivity contribution < 1.29 is 9.53 Å². The van der Waals surface area contributed by atoms with Crippen LogP contribution in [0.4, 0.5) is 0 Å². The largest absolute Gasteiger partial charge is 0.366 e. The molecule has 0 radical (unpaired) electrons. The number of hydrogen-bond donors (Lipinski definition) is 2. The van der Waals surface area contributed by atoms with Crippen molar-refractivity contribution in [3.8, 4) is 0 Å². The van der Waals surface area contributed by atoms with Crippen LogP contribution in [-0.4, -0.2) is 37.7 Å². The zero-order chi connectivity index (χ0) is 10.5. The molecule has 4 heteroatoms. The van der Waals surface area contributed by atoms with Gasteiger partial charge in [-0.1, -0.05) is 19.3 Å². The molecule has 1 unspecified atom stereocenters. The summed E-state index contributed by atoms with van der Waals surface area (Å²) < 4.78 is 5.41. The van der Waals surface area contributed by atoms with E-state index in [1.54, 1.807) is 0 Å². The van der Waals surface area contributed by atoms with Gasteiger partial charge < -0.3 is 15.4 Å². The van der Waals surface area contributed by atoms with Crippen molar-refractivity contribution in [3.05, 3.63) is 0 Å². The van der Waals surface area contributed by atoms with E-state index in [1.807, 2.05) is 0 Å². The van der Waals surface area contributed by atoms with Gasteiger partial charge in [0, 0.05) is 19.1 Å². The van der Waals surface area contributed by atoms with Crippen molar-refractivity contribution in [3.63, 3.8) is 0 Å². The Morgan fingerprint density at radius 2 is 2.07 bits per heavy atom. The highest BCUT2D eigenvalue weighted by Crippen LogP contribution is 2.17. The van der Waals surface area contributed by atoms with Crippen LogP contribution in [0.5, 0.6) is 0 Å². The summed E-state index contributed by atoms with van der Waals surface area (Å²) in [4.78, 5) is 11.8. The summed E-state index contributed by atoms with van der Waals surface area (Å²) in [5, 5.41) is 6.25. The van der Waals surface area contributed by atoms with Gasteiger partial charge in [-0.15, -0.1) is 0 Å². The molecule has 0 bridgehead atoms. The minimum Gasteiger partial charge on any atom is -0.366 e. The van der Waals surface area contributed by atoms with Crippen molar-refractivity contribution in [2.24, 2.45) is 0 Å². The third-order valence-corrected chi connectivity index (χ3v) is 3.17. The molecule has 1 amide bonds. The molecule has 1 saturated heterocycles. The summed E-state index contributed by atoms with van der Waals surface area (Å²) in [5.41, 5.74) is 0. The van der Waals surface area contributed by atoms with Crippen molar-refractivity contribution >= 4 is 5.91 Å². The Kier molecular flexibility index (Phi) is 3.97. The molecule has 0 aromatic carbocycles. The van der Waals surface area contributed by atoms with Gasteiger partial charge in [0.25, 0.3) is 5.91 Å². The standard InChI is InChI=1S/C11H20N2O2/c14-11(10-8-12-6-7-15-10)13-9-4-2-1-3-5-9/h9-10,12H,1-8H2,(H,13,14). The zero-order valence-corrected chi connectivity index (χ0v) is 9.13. The number of ether oxygens (including phenoxy) is 1. The Morgan fingerprint density at radius 1 is 1.27 bits per heavy atom. The minimum absolute atomic E-state index is 0.0640. The molecule has 0 aromatic rings. The van der Waals surface area contributed by atoms with Crippen LogP contribution in [0.3, 0.4) is 0 Å². The first-order chi connectivity index (χ1) is 7.36. The van der Waals surface area contributed by atoms with Crippen LogP contribution in [0.2, 0.25) is 0 Å². The fourth-order valence-corrected chi connectivity index (χ4v) is 2.27. The van der Waals surface area contributed by atoms with E-state index < -0.39 is 0 Å². The van der Waals surface area contributed by atoms with Crippen LogP contribution >= 0.6 is 0 Å². The Balaban J connectivity index is 1.74. The quantitative estimate of drug-likeness (QED) is 0.697. The summed E-state index contributed by atoms with van der Waals surface area (Å²) in [6, 6.07) is 0.386. The number of rotatable bonds is 2. The second-order valence-electron chi connectivity index (χ2n) is 4.41. The van der Waals surface area contributed by atoms with Crippen LogP contribution in [0, 0.1) is 0 Å². The molecule has 1 saturated carbocycles. The van der Waals surface area contributed by atoms with Gasteiger partial charge in [0.15, 0.2) is 0 Å². The lowest BCUT2D eigenvalue weighted by Gasteiger charge is -2.27. The lowest BCUT2D eigenvalue weighted by atomic mass is 9.95. The highest BCUT2D eigenvalue weighted by molar-refractivity contribution is 5.81. The summed E-state index contributed by atoms with van der Waals surface area (Å²) in [6.07, 6.45) is 5.79. The number of nitrogens with one attached hydrogen (secondary N) is 2. The summed E-state index contributed by atoms with van der Waals surface area (Å²) in [7, 11) is 0. The van der Waals surface area contributed by atoms with Gasteiger partial charge in [0.1, 0.15) is 6.10 Å². The maximum absolute atomic E-state index is 11.8. The molecule has 2 N–H and O–H groups in total. The van der Waals surface area contributed by atoms with Gasteiger partial charge in [-0.05, 0) is 12.8 Å². The monoisotopic (exact) mass is 212 g/mol. The molecule has 4 nitrogen and oxygen atoms in total. The SMILES string of the molecule is O=C(NC1CCCCC1)C1CNCCO1. The third kappa shape index (κ3) is 3.18. The van der Waals surface area contributed by atoms with Crippen molar-refractivity contribution in [1.82, 2.24) is 10.6 Å². The summed E-state index contributed by atoms with van der Waals surface area (Å²) in [6.45, 7) is 2.15. The molecule has 86 valence electrons. The first kappa shape index (κ1) is 10.9. The van der Waals surface area contributed by atoms with Gasteiger partial charge >= 0.3 is 0 Å². The molecule has 1 heterocycles. The molecule has 1 aliphatic carbocycles. The first-order valence-electron chi connectivity index (χ1n) is 5.99. The van der Waals surface area contributed by atoms with E-state index >= 15 is 0 Å². The van der Waals surface area contributed by atoms with E-state index in [9.17, 15) is 4.79 Å². The number of hydrogen-bond acceptors (Lipinski definition) is 3. The van der Waals surface area contributed by atoms with Gasteiger partial charge in [0.05, 0.1) is 6.61 Å². The normalized spacial score (nSPS) is 28.7. The second-order valence-corrected chi connectivity index (χ2v) is 4.41. The van der Waals surface area contributed by atoms with Gasteiger partial charge in [-0.25, -0.2) is 0 Å². The van der Waals surface area contributed by atoms with E-state index in [0.29, 0.717) is 19.2 Å². The Labute approximate surface area is 90.8 Å². The minimum atomic E-state index is -0.277. The van der Waals surface area contributed by atoms with Gasteiger partial charge in [0.2, 0.25) is 0 Å². The van der Waals surface area contributed by atoms with E-state index in [0.717, 1.165) is 19.4 Å². The topological polar surface area (TPSA) is 50.4 Å². The van der Waals surface area contributed by atoms with Crippen LogP contribution in [0.25, 0.3) is 0 Å². The molecular weight excluding hydrogens is 192 g/mol. The number of carbonyl (C=O) groups excluding carboxylic acids is 1. The predicted octanol–water partition coefficient (Wildman–Crippen LogP) is 0.424. The molecule has 15 heavy (non-hydrogen) atoms. The average Bonchev–Trinajstić information content (AvgIpc) is 2.31. The van der Waals surface area contributed by atoms with E-state index in [1.165, 1.54) is 19.3 Å². The maximum atomic E-state index is 11.8. The highest BCUT2D eigenvalue weighted by atomic mass is 16.5. The number of amides is 1. The zero-order valence-electron chi connectivity index (χ0n) is 9.13. The van der Waals surface area contributed by atoms with E-state index in [2.05, 4.69) is 10.6 Å². The summed E-state index contributed by atoms with van der Waals surface area (Å²) in [5.74, 6) is 0.0640. The van der Waals surface area contributed by atoms with Crippen LogP contribution in [-0.2, 0) is 9.53 Å². The average molecular weight is 212 g/mol. The van der Waals surface area contributed by atoms with E-state index in [-0.39, 0.29) is 12.0 Å². The number of carbonyl (C=O) groups is 1. The van der Waals surface area contributed by atoms with Crippen LogP contribution in [0.15, 0.2) is 0 Å². The second kappa shape index (κ2) is 5.47. The van der Waals surface area contributed by atoms with Crippen LogP contribution in [0.1, 0.15) is 32.1 Å². The van der Waals surface area contributed by atoms with Crippen molar-refractivity contribution in [1.29, 1.82) is 0 Å². The Bertz CT molecular complexity index is 209. The van der Waals surface area contributed by atoms with Crippen molar-refractivity contribution in [2.75, 3.05) is 19.7 Å². The highest BCUT2D eigenvalue weighted by Gasteiger charge is 2.24. The maximum Gasteiger partial charge on any atom is 0.250 e. The molecule has 0 spiro atoms. The third-order valence-electron chi connectivity index (χ3n) is 3.17. The fourth-order valence-electron chi connectivity index (χ4n) is 2.27. The van der Waals surface area contributed by atoms with Crippen LogP contribution < -0.4 is 10.6 Å². The Morgan fingerprint density at radius 3 is 2.73 bits per heavy atom. The molecule has 1 aliphatic heterocycles. The molecule has 0 aromatic heterocycles. The van der Waals surface area contributed by atoms with Gasteiger partial charge in [-0.2, -0.15) is 0 Å². The molecule has 2 rings (SSSR count). The molecular formula is C11H20N2O2. The van der Waals surface area contributed by atoms with Gasteiger partial charge in [-0.3, -0.25) is 4.79 Å². The molecule has 2 aliphatic rings. The smallest absolute Gasteiger partial charge is 0.250 e. The molecule has 1 atom stereocenters. The molecule has 2 fully saturated rings. The fraction of sp³-hybridized carbons (Fsp3) is 0.909. The Hall–Kier alpha value is -0.610. The van der Waals surface area contributed by atoms with Crippen molar-refractivity contribution in [2.45, 2.75) is 44.2 Å². The predicted molar refractivity (Wildman–Crippen MR) is 57.6 cm³/mol. The number of morpholine rings is 1. The lowest BCUT2D eigenvalue weighted by Crippen LogP contribution is -2.50.